The molecular weight excluding hydrogens is 268 g/mol. The Labute approximate surface area is 103 Å². The minimum Gasteiger partial charge on any atom is -0.272 e. The summed E-state index contributed by atoms with van der Waals surface area (Å²) in [6, 6.07) is 3.89. The summed E-state index contributed by atoms with van der Waals surface area (Å²) in [4.78, 5) is 33.1. The van der Waals surface area contributed by atoms with Crippen LogP contribution in [0.25, 0.3) is 10.1 Å². The summed E-state index contributed by atoms with van der Waals surface area (Å²) in [7, 11) is 0. The number of halogens is 1. The number of alkyl halides is 1. The van der Waals surface area contributed by atoms with Crippen molar-refractivity contribution < 1.29 is 9.72 Å². The molecule has 0 saturated heterocycles. The number of rotatable bonds is 2. The third kappa shape index (κ3) is 1.94. The lowest BCUT2D eigenvalue weighted by atomic mass is 10.2. The standard InChI is InChI=1S/C9H5ClN2O4S/c10-4-8(13)11-9(14)6-3-5(12(15)16)1-2-7(6)17-11/h1-3H,4H2. The van der Waals surface area contributed by atoms with Gasteiger partial charge in [-0.1, -0.05) is 0 Å². The maximum Gasteiger partial charge on any atom is 0.275 e. The lowest BCUT2D eigenvalue weighted by Crippen LogP contribution is -2.21. The summed E-state index contributed by atoms with van der Waals surface area (Å²) >= 11 is 6.28. The average Bonchev–Trinajstić information content (AvgIpc) is 2.65. The van der Waals surface area contributed by atoms with Crippen LogP contribution in [0.4, 0.5) is 5.69 Å². The Morgan fingerprint density at radius 2 is 2.24 bits per heavy atom. The maximum atomic E-state index is 11.8. The van der Waals surface area contributed by atoms with E-state index in [9.17, 15) is 19.7 Å². The number of fused-ring (bicyclic) bond motifs is 1. The van der Waals surface area contributed by atoms with E-state index in [2.05, 4.69) is 0 Å². The van der Waals surface area contributed by atoms with Crippen molar-refractivity contribution >= 4 is 44.8 Å². The highest BCUT2D eigenvalue weighted by atomic mass is 35.5. The summed E-state index contributed by atoms with van der Waals surface area (Å²) < 4.78 is 1.42. The van der Waals surface area contributed by atoms with Gasteiger partial charge in [0.05, 0.1) is 15.0 Å². The Kier molecular flexibility index (Phi) is 2.95. The van der Waals surface area contributed by atoms with E-state index in [0.717, 1.165) is 21.6 Å². The highest BCUT2D eigenvalue weighted by Crippen LogP contribution is 2.22. The van der Waals surface area contributed by atoms with Crippen molar-refractivity contribution in [3.8, 4) is 0 Å². The number of nitrogens with zero attached hydrogens (tertiary/aromatic N) is 2. The lowest BCUT2D eigenvalue weighted by molar-refractivity contribution is -0.384. The van der Waals surface area contributed by atoms with Crippen LogP contribution in [0, 0.1) is 10.1 Å². The fourth-order valence-electron chi connectivity index (χ4n) is 1.35. The van der Waals surface area contributed by atoms with Crippen molar-refractivity contribution in [3.63, 3.8) is 0 Å². The van der Waals surface area contributed by atoms with Crippen molar-refractivity contribution in [2.45, 2.75) is 0 Å². The van der Waals surface area contributed by atoms with Gasteiger partial charge in [0, 0.05) is 12.1 Å². The van der Waals surface area contributed by atoms with E-state index in [1.165, 1.54) is 12.1 Å². The number of carbonyl (C=O) groups excluding carboxylic acids is 1. The molecule has 0 amide bonds. The Morgan fingerprint density at radius 1 is 1.53 bits per heavy atom. The molecule has 0 aliphatic rings. The second kappa shape index (κ2) is 4.27. The van der Waals surface area contributed by atoms with E-state index in [-0.39, 0.29) is 17.0 Å². The van der Waals surface area contributed by atoms with Crippen molar-refractivity contribution in [1.82, 2.24) is 3.96 Å². The molecule has 0 saturated carbocycles. The number of carbonyl (C=O) groups is 1. The van der Waals surface area contributed by atoms with Crippen molar-refractivity contribution in [3.05, 3.63) is 38.7 Å². The predicted molar refractivity (Wildman–Crippen MR) is 64.1 cm³/mol. The van der Waals surface area contributed by atoms with E-state index in [0.29, 0.717) is 4.70 Å². The molecule has 88 valence electrons. The number of nitro groups is 1. The zero-order chi connectivity index (χ0) is 12.6. The number of aromatic nitrogens is 1. The molecule has 0 aliphatic carbocycles. The summed E-state index contributed by atoms with van der Waals surface area (Å²) in [6.07, 6.45) is 0. The average molecular weight is 273 g/mol. The lowest BCUT2D eigenvalue weighted by Gasteiger charge is -1.90. The summed E-state index contributed by atoms with van der Waals surface area (Å²) in [5.41, 5.74) is -0.753. The van der Waals surface area contributed by atoms with Gasteiger partial charge in [-0.05, 0) is 17.6 Å². The molecule has 0 N–H and O–H groups in total. The first-order chi connectivity index (χ1) is 8.04. The van der Waals surface area contributed by atoms with Gasteiger partial charge in [-0.2, -0.15) is 3.96 Å². The van der Waals surface area contributed by atoms with E-state index in [4.69, 9.17) is 11.6 Å². The van der Waals surface area contributed by atoms with Crippen LogP contribution in [0.3, 0.4) is 0 Å². The van der Waals surface area contributed by atoms with Crippen LogP contribution in [-0.2, 0) is 0 Å². The molecule has 0 aliphatic heterocycles. The van der Waals surface area contributed by atoms with E-state index >= 15 is 0 Å². The molecule has 6 nitrogen and oxygen atoms in total. The maximum absolute atomic E-state index is 11.8. The van der Waals surface area contributed by atoms with Crippen LogP contribution in [0.1, 0.15) is 4.79 Å². The van der Waals surface area contributed by atoms with Crippen LogP contribution >= 0.6 is 23.1 Å². The SMILES string of the molecule is O=C(CCl)n1sc2ccc([N+](=O)[O-])cc2c1=O. The topological polar surface area (TPSA) is 82.2 Å². The molecule has 0 unspecified atom stereocenters. The van der Waals surface area contributed by atoms with Gasteiger partial charge in [0.1, 0.15) is 5.88 Å². The number of non-ortho nitro benzene ring substituents is 1. The number of hydrogen-bond acceptors (Lipinski definition) is 5. The van der Waals surface area contributed by atoms with E-state index in [1.54, 1.807) is 0 Å². The number of nitro benzene ring substituents is 1. The highest BCUT2D eigenvalue weighted by molar-refractivity contribution is 7.14. The van der Waals surface area contributed by atoms with Gasteiger partial charge >= 0.3 is 0 Å². The summed E-state index contributed by atoms with van der Waals surface area (Å²) in [6.45, 7) is 0. The largest absolute Gasteiger partial charge is 0.275 e. The van der Waals surface area contributed by atoms with Gasteiger partial charge in [0.2, 0.25) is 0 Å². The monoisotopic (exact) mass is 272 g/mol. The third-order valence-corrected chi connectivity index (χ3v) is 3.45. The fraction of sp³-hybridized carbons (Fsp3) is 0.111. The zero-order valence-electron chi connectivity index (χ0n) is 8.25. The molecule has 0 bridgehead atoms. The first kappa shape index (κ1) is 11.7. The van der Waals surface area contributed by atoms with Crippen LogP contribution in [0.2, 0.25) is 0 Å². The molecule has 0 atom stereocenters. The van der Waals surface area contributed by atoms with Crippen LogP contribution in [0.15, 0.2) is 23.0 Å². The predicted octanol–water partition coefficient (Wildman–Crippen LogP) is 1.85. The molecule has 0 fully saturated rings. The molecule has 0 spiro atoms. The second-order valence-corrected chi connectivity index (χ2v) is 4.41. The van der Waals surface area contributed by atoms with Crippen LogP contribution in [-0.4, -0.2) is 20.7 Å². The molecule has 1 aromatic heterocycles. The quantitative estimate of drug-likeness (QED) is 0.474. The number of hydrogen-bond donors (Lipinski definition) is 0. The molecular formula is C9H5ClN2O4S. The van der Waals surface area contributed by atoms with E-state index < -0.39 is 16.4 Å². The fourth-order valence-corrected chi connectivity index (χ4v) is 2.45. The Morgan fingerprint density at radius 3 is 2.82 bits per heavy atom. The molecule has 2 aromatic rings. The van der Waals surface area contributed by atoms with Crippen LogP contribution < -0.4 is 5.56 Å². The minimum atomic E-state index is -0.593. The zero-order valence-corrected chi connectivity index (χ0v) is 9.83. The van der Waals surface area contributed by atoms with Crippen molar-refractivity contribution in [2.75, 3.05) is 5.88 Å². The van der Waals surface area contributed by atoms with Gasteiger partial charge < -0.3 is 0 Å². The van der Waals surface area contributed by atoms with Gasteiger partial charge in [0.25, 0.3) is 17.2 Å². The van der Waals surface area contributed by atoms with Gasteiger partial charge in [0.15, 0.2) is 0 Å². The molecule has 1 aromatic carbocycles. The molecule has 0 radical (unpaired) electrons. The molecule has 17 heavy (non-hydrogen) atoms. The Balaban J connectivity index is 2.71. The summed E-state index contributed by atoms with van der Waals surface area (Å²) in [5, 5.41) is 10.7. The Bertz CT molecular complexity index is 675. The minimum absolute atomic E-state index is 0.155. The first-order valence-electron chi connectivity index (χ1n) is 4.44. The van der Waals surface area contributed by atoms with Crippen molar-refractivity contribution in [2.24, 2.45) is 0 Å². The molecule has 8 heteroatoms. The first-order valence-corrected chi connectivity index (χ1v) is 5.75. The highest BCUT2D eigenvalue weighted by Gasteiger charge is 2.15. The van der Waals surface area contributed by atoms with Gasteiger partial charge in [-0.3, -0.25) is 19.7 Å². The smallest absolute Gasteiger partial charge is 0.272 e. The van der Waals surface area contributed by atoms with Gasteiger partial charge in [-0.25, -0.2) is 0 Å². The third-order valence-electron chi connectivity index (χ3n) is 2.12. The molecule has 2 rings (SSSR count). The summed E-state index contributed by atoms with van der Waals surface area (Å²) in [5.74, 6) is -0.852. The van der Waals surface area contributed by atoms with Crippen LogP contribution in [0.5, 0.6) is 0 Å². The Hall–Kier alpha value is -1.73. The van der Waals surface area contributed by atoms with E-state index in [1.807, 2.05) is 0 Å². The van der Waals surface area contributed by atoms with Gasteiger partial charge in [-0.15, -0.1) is 11.6 Å². The van der Waals surface area contributed by atoms with Crippen molar-refractivity contribution in [1.29, 1.82) is 0 Å². The molecule has 1 heterocycles. The second-order valence-electron chi connectivity index (χ2n) is 3.16. The normalized spacial score (nSPS) is 10.6. The number of benzene rings is 1.